The van der Waals surface area contributed by atoms with E-state index in [-0.39, 0.29) is 10.8 Å². The Morgan fingerprint density at radius 2 is 1.00 bits per heavy atom. The summed E-state index contributed by atoms with van der Waals surface area (Å²) in [5.41, 5.74) is 16.0. The first-order valence-corrected chi connectivity index (χ1v) is 21.7. The summed E-state index contributed by atoms with van der Waals surface area (Å²) in [6.45, 7) is 14.1. The molecule has 0 saturated carbocycles. The molecule has 0 unspecified atom stereocenters. The topological polar surface area (TPSA) is 0 Å². The van der Waals surface area contributed by atoms with E-state index in [2.05, 4.69) is 230 Å². The minimum atomic E-state index is -0.0933. The van der Waals surface area contributed by atoms with Gasteiger partial charge in [0, 0.05) is 0 Å². The third kappa shape index (κ3) is 7.91. The Labute approximate surface area is 360 Å². The Hall–Kier alpha value is -5.36. The first kappa shape index (κ1) is 39.5. The Morgan fingerprint density at radius 1 is 0.517 bits per heavy atom. The molecule has 0 radical (unpaired) electrons. The van der Waals surface area contributed by atoms with Crippen molar-refractivity contribution in [2.45, 2.75) is 58.8 Å². The molecule has 0 nitrogen and oxygen atoms in total. The molecule has 0 saturated heterocycles. The van der Waals surface area contributed by atoms with Crippen molar-refractivity contribution in [3.8, 4) is 33.4 Å². The van der Waals surface area contributed by atoms with Gasteiger partial charge in [-0.25, -0.2) is 0 Å². The zero-order chi connectivity index (χ0) is 40.4. The number of hydrogen-bond acceptors (Lipinski definition) is 0. The van der Waals surface area contributed by atoms with Crippen LogP contribution in [0.25, 0.3) is 60.5 Å². The van der Waals surface area contributed by atoms with Crippen LogP contribution < -0.4 is 0 Å². The van der Waals surface area contributed by atoms with Gasteiger partial charge in [-0.3, -0.25) is 0 Å². The van der Waals surface area contributed by atoms with Crippen LogP contribution >= 0.6 is 0 Å². The summed E-state index contributed by atoms with van der Waals surface area (Å²) in [7, 11) is 0. The Balaban J connectivity index is 0.000000283. The molecule has 0 N–H and O–H groups in total. The molecule has 8 aromatic carbocycles. The molecule has 0 fully saturated rings. The van der Waals surface area contributed by atoms with E-state index in [1.807, 2.05) is 0 Å². The van der Waals surface area contributed by atoms with E-state index in [1.165, 1.54) is 116 Å². The van der Waals surface area contributed by atoms with Gasteiger partial charge in [-0.05, 0) is 45.1 Å². The SMILES string of the molecule is CC(C)(C)c1cc(-c2ccccc2)c2c(c1)[cH-]c1c(C3=CC=CC3)c(C(C)(C)C)c(-c3ccccc3)c(-c3ccccc3)c12.[Zr]=[C](c1ccccc1)c1ccccc1. The van der Waals surface area contributed by atoms with Gasteiger partial charge in [-0.2, -0.15) is 0 Å². The van der Waals surface area contributed by atoms with E-state index < -0.39 is 0 Å². The number of rotatable bonds is 6. The summed E-state index contributed by atoms with van der Waals surface area (Å²) >= 11 is 1.46. The van der Waals surface area contributed by atoms with Crippen molar-refractivity contribution in [1.82, 2.24) is 0 Å². The fourth-order valence-electron chi connectivity index (χ4n) is 8.54. The number of benzene rings is 7. The molecule has 58 heavy (non-hydrogen) atoms. The predicted molar refractivity (Wildman–Crippen MR) is 249 cm³/mol. The van der Waals surface area contributed by atoms with Crippen LogP contribution in [0, 0.1) is 0 Å². The molecular weight excluding hydrogens is 776 g/mol. The van der Waals surface area contributed by atoms with E-state index in [9.17, 15) is 0 Å². The van der Waals surface area contributed by atoms with Crippen LogP contribution in [0.15, 0.2) is 188 Å². The summed E-state index contributed by atoms with van der Waals surface area (Å²) in [5.74, 6) is 0. The second-order valence-electron chi connectivity index (χ2n) is 17.5. The van der Waals surface area contributed by atoms with Crippen molar-refractivity contribution in [2.75, 3.05) is 0 Å². The molecule has 9 rings (SSSR count). The van der Waals surface area contributed by atoms with Crippen molar-refractivity contribution in [2.24, 2.45) is 0 Å². The Kier molecular flexibility index (Phi) is 11.2. The van der Waals surface area contributed by atoms with E-state index >= 15 is 0 Å². The molecule has 8 aromatic rings. The van der Waals surface area contributed by atoms with Gasteiger partial charge in [0.1, 0.15) is 0 Å². The molecular formula is C57H51Zr-. The van der Waals surface area contributed by atoms with Crippen molar-refractivity contribution in [1.29, 1.82) is 0 Å². The second kappa shape index (κ2) is 16.5. The van der Waals surface area contributed by atoms with Crippen molar-refractivity contribution in [3.63, 3.8) is 0 Å². The van der Waals surface area contributed by atoms with Gasteiger partial charge in [0.15, 0.2) is 0 Å². The molecule has 0 heterocycles. The standard InChI is InChI=1S/C44H41.C13H10.Zr/c1-43(2,3)34-26-33-27-36-38(30-24-16-17-25-30)42(44(4,5)6)40(32-22-14-9-15-23-32)39(31-20-12-8-13-21-31)41(36)37(33)35(28-34)29-18-10-7-11-19-29;1-3-7-12(8-4-1)11-13-9-5-2-6-10-13;/h7-24,26-28H,25H2,1-6H3;1-10H;/q-1;;. The molecule has 0 spiro atoms. The predicted octanol–water partition coefficient (Wildman–Crippen LogP) is 15.5. The van der Waals surface area contributed by atoms with Crippen LogP contribution in [0.2, 0.25) is 0 Å². The number of hydrogen-bond donors (Lipinski definition) is 0. The van der Waals surface area contributed by atoms with E-state index in [1.54, 1.807) is 0 Å². The molecule has 0 atom stereocenters. The van der Waals surface area contributed by atoms with Gasteiger partial charge in [-0.1, -0.05) is 190 Å². The Morgan fingerprint density at radius 3 is 1.47 bits per heavy atom. The summed E-state index contributed by atoms with van der Waals surface area (Å²) in [4.78, 5) is 0. The zero-order valence-corrected chi connectivity index (χ0v) is 37.1. The van der Waals surface area contributed by atoms with Gasteiger partial charge in [-0.15, -0.1) is 28.3 Å². The monoisotopic (exact) mass is 825 g/mol. The van der Waals surface area contributed by atoms with Gasteiger partial charge in [0.25, 0.3) is 0 Å². The van der Waals surface area contributed by atoms with Gasteiger partial charge in [0.05, 0.1) is 0 Å². The van der Waals surface area contributed by atoms with Crippen molar-refractivity contribution in [3.05, 3.63) is 216 Å². The van der Waals surface area contributed by atoms with Crippen molar-refractivity contribution < 1.29 is 24.2 Å². The third-order valence-electron chi connectivity index (χ3n) is 11.3. The van der Waals surface area contributed by atoms with Crippen LogP contribution in [0.3, 0.4) is 0 Å². The van der Waals surface area contributed by atoms with Gasteiger partial charge < -0.3 is 0 Å². The minimum absolute atomic E-state index is 0.0237. The molecule has 1 aliphatic carbocycles. The average Bonchev–Trinajstić information content (AvgIpc) is 3.92. The molecule has 1 heteroatoms. The first-order chi connectivity index (χ1) is 28.0. The molecule has 0 aromatic heterocycles. The average molecular weight is 827 g/mol. The third-order valence-corrected chi connectivity index (χ3v) is 12.7. The fourth-order valence-corrected chi connectivity index (χ4v) is 9.36. The number of fused-ring (bicyclic) bond motifs is 3. The van der Waals surface area contributed by atoms with Gasteiger partial charge >= 0.3 is 99.2 Å². The second-order valence-corrected chi connectivity index (χ2v) is 18.7. The quantitative estimate of drug-likeness (QED) is 0.147. The van der Waals surface area contributed by atoms with E-state index in [0.29, 0.717) is 0 Å². The van der Waals surface area contributed by atoms with Crippen LogP contribution in [0.5, 0.6) is 0 Å². The molecule has 0 bridgehead atoms. The summed E-state index contributed by atoms with van der Waals surface area (Å²) < 4.78 is 1.42. The van der Waals surface area contributed by atoms with Crippen LogP contribution in [0.1, 0.15) is 75.8 Å². The Bertz CT molecular complexity index is 2730. The molecule has 0 aliphatic heterocycles. The van der Waals surface area contributed by atoms with Gasteiger partial charge in [0.2, 0.25) is 0 Å². The molecule has 0 amide bonds. The van der Waals surface area contributed by atoms with Crippen LogP contribution in [0.4, 0.5) is 0 Å². The maximum absolute atomic E-state index is 2.51. The van der Waals surface area contributed by atoms with Crippen molar-refractivity contribution >= 4 is 30.3 Å². The molecule has 284 valence electrons. The van der Waals surface area contributed by atoms with E-state index in [0.717, 1.165) is 6.42 Å². The number of allylic oxidation sites excluding steroid dienone is 4. The maximum atomic E-state index is 2.51. The summed E-state index contributed by atoms with van der Waals surface area (Å²) in [5, 5.41) is 5.40. The zero-order valence-electron chi connectivity index (χ0n) is 34.6. The van der Waals surface area contributed by atoms with E-state index in [4.69, 9.17) is 0 Å². The summed E-state index contributed by atoms with van der Waals surface area (Å²) in [6.07, 6.45) is 7.84. The first-order valence-electron chi connectivity index (χ1n) is 20.5. The molecule has 1 aliphatic rings. The summed E-state index contributed by atoms with van der Waals surface area (Å²) in [6, 6.07) is 61.7. The van der Waals surface area contributed by atoms with Crippen LogP contribution in [-0.2, 0) is 35.1 Å². The fraction of sp³-hybridized carbons (Fsp3) is 0.158. The van der Waals surface area contributed by atoms with Crippen LogP contribution in [-0.4, -0.2) is 3.21 Å². The normalized spacial score (nSPS) is 12.7.